The molecule has 0 spiro atoms. The summed E-state index contributed by atoms with van der Waals surface area (Å²) in [6, 6.07) is 29.0. The predicted molar refractivity (Wildman–Crippen MR) is 164 cm³/mol. The molecule has 1 N–H and O–H groups in total. The van der Waals surface area contributed by atoms with Gasteiger partial charge in [-0.15, -0.1) is 0 Å². The van der Waals surface area contributed by atoms with E-state index in [0.29, 0.717) is 11.5 Å². The summed E-state index contributed by atoms with van der Waals surface area (Å²) in [6.45, 7) is 5.08. The predicted octanol–water partition coefficient (Wildman–Crippen LogP) is 5.45. The van der Waals surface area contributed by atoms with Crippen LogP contribution in [0.1, 0.15) is 23.6 Å². The number of aryl methyl sites for hydroxylation is 2. The van der Waals surface area contributed by atoms with Gasteiger partial charge in [0.25, 0.3) is 10.0 Å². The zero-order valence-electron chi connectivity index (χ0n) is 24.2. The normalized spacial score (nSPS) is 11.8. The van der Waals surface area contributed by atoms with E-state index in [-0.39, 0.29) is 23.0 Å². The average Bonchev–Trinajstić information content (AvgIpc) is 3.00. The zero-order chi connectivity index (χ0) is 30.3. The number of amides is 2. The first kappa shape index (κ1) is 30.3. The lowest BCUT2D eigenvalue weighted by Crippen LogP contribution is -2.50. The fraction of sp³-hybridized carbons (Fsp3) is 0.212. The molecule has 4 aromatic rings. The Bertz CT molecular complexity index is 1610. The smallest absolute Gasteiger partial charge is 0.264 e. The van der Waals surface area contributed by atoms with Gasteiger partial charge in [0.15, 0.2) is 0 Å². The van der Waals surface area contributed by atoms with Crippen LogP contribution in [0.15, 0.2) is 108 Å². The summed E-state index contributed by atoms with van der Waals surface area (Å²) in [5, 5.41) is 2.59. The molecule has 8 nitrogen and oxygen atoms in total. The summed E-state index contributed by atoms with van der Waals surface area (Å²) in [4.78, 5) is 28.0. The van der Waals surface area contributed by atoms with Crippen molar-refractivity contribution in [2.75, 3.05) is 17.9 Å². The quantitative estimate of drug-likeness (QED) is 0.252. The molecule has 0 heterocycles. The fourth-order valence-electron chi connectivity index (χ4n) is 4.35. The minimum atomic E-state index is -4.16. The number of anilines is 1. The summed E-state index contributed by atoms with van der Waals surface area (Å²) in [7, 11) is -2.66. The molecule has 0 saturated heterocycles. The van der Waals surface area contributed by atoms with Gasteiger partial charge in [-0.05, 0) is 74.9 Å². The number of hydrogen-bond acceptors (Lipinski definition) is 5. The second-order valence-electron chi connectivity index (χ2n) is 10.0. The van der Waals surface area contributed by atoms with Gasteiger partial charge in [-0.25, -0.2) is 8.42 Å². The minimum absolute atomic E-state index is 0.0509. The van der Waals surface area contributed by atoms with Crippen molar-refractivity contribution in [1.29, 1.82) is 0 Å². The van der Waals surface area contributed by atoms with Crippen molar-refractivity contribution >= 4 is 27.5 Å². The number of ether oxygens (including phenoxy) is 1. The second kappa shape index (κ2) is 13.4. The number of hydrogen-bond donors (Lipinski definition) is 1. The average molecular weight is 586 g/mol. The van der Waals surface area contributed by atoms with E-state index in [1.807, 2.05) is 68.4 Å². The van der Waals surface area contributed by atoms with Crippen molar-refractivity contribution in [3.63, 3.8) is 0 Å². The van der Waals surface area contributed by atoms with Crippen molar-refractivity contribution in [3.05, 3.63) is 120 Å². The van der Waals surface area contributed by atoms with Gasteiger partial charge in [0, 0.05) is 13.6 Å². The summed E-state index contributed by atoms with van der Waals surface area (Å²) < 4.78 is 34.9. The molecule has 0 fully saturated rings. The van der Waals surface area contributed by atoms with Crippen LogP contribution in [-0.4, -0.2) is 44.8 Å². The monoisotopic (exact) mass is 585 g/mol. The van der Waals surface area contributed by atoms with Gasteiger partial charge in [0.05, 0.1) is 10.6 Å². The van der Waals surface area contributed by atoms with E-state index in [1.165, 1.54) is 24.1 Å². The third kappa shape index (κ3) is 7.36. The number of carbonyl (C=O) groups is 2. The van der Waals surface area contributed by atoms with E-state index in [0.717, 1.165) is 21.0 Å². The van der Waals surface area contributed by atoms with Gasteiger partial charge in [-0.2, -0.15) is 0 Å². The molecule has 2 amide bonds. The Morgan fingerprint density at radius 3 is 1.90 bits per heavy atom. The van der Waals surface area contributed by atoms with Crippen LogP contribution in [0.3, 0.4) is 0 Å². The zero-order valence-corrected chi connectivity index (χ0v) is 25.0. The number of nitrogens with zero attached hydrogens (tertiary/aromatic N) is 2. The first-order chi connectivity index (χ1) is 20.1. The number of carbonyl (C=O) groups excluding carboxylic acids is 2. The molecule has 42 heavy (non-hydrogen) atoms. The number of sulfonamides is 1. The molecule has 0 aliphatic carbocycles. The van der Waals surface area contributed by atoms with Gasteiger partial charge in [-0.1, -0.05) is 65.7 Å². The molecule has 1 unspecified atom stereocenters. The first-order valence-corrected chi connectivity index (χ1v) is 15.0. The van der Waals surface area contributed by atoms with Gasteiger partial charge in [0.1, 0.15) is 24.1 Å². The van der Waals surface area contributed by atoms with Crippen molar-refractivity contribution in [3.8, 4) is 11.5 Å². The first-order valence-electron chi connectivity index (χ1n) is 13.6. The highest BCUT2D eigenvalue weighted by Crippen LogP contribution is 2.28. The number of rotatable bonds is 11. The Hall–Kier alpha value is -4.63. The molecule has 1 atom stereocenters. The number of likely N-dealkylation sites (N-methyl/N-ethyl adjacent to an activating group) is 1. The van der Waals surface area contributed by atoms with E-state index in [2.05, 4.69) is 5.32 Å². The molecule has 4 aromatic carbocycles. The van der Waals surface area contributed by atoms with Gasteiger partial charge >= 0.3 is 0 Å². The molecule has 218 valence electrons. The Labute approximate surface area is 247 Å². The van der Waals surface area contributed by atoms with Crippen LogP contribution in [0.5, 0.6) is 11.5 Å². The standard InChI is InChI=1S/C33H35N3O5S/c1-24-10-14-27(15-11-24)22-35(26(3)33(38)34-4)32(37)23-36(42(39,40)31-20-12-25(2)13-21-31)28-16-18-30(19-17-28)41-29-8-6-5-7-9-29/h5-21,26H,22-23H2,1-4H3,(H,34,38). The van der Waals surface area contributed by atoms with Crippen molar-refractivity contribution in [1.82, 2.24) is 10.2 Å². The lowest BCUT2D eigenvalue weighted by Gasteiger charge is -2.31. The van der Waals surface area contributed by atoms with Gasteiger partial charge in [-0.3, -0.25) is 13.9 Å². The Morgan fingerprint density at radius 2 is 1.33 bits per heavy atom. The topological polar surface area (TPSA) is 96.0 Å². The van der Waals surface area contributed by atoms with Crippen molar-refractivity contribution < 1.29 is 22.7 Å². The number of para-hydroxylation sites is 1. The molecule has 4 rings (SSSR count). The van der Waals surface area contributed by atoms with E-state index in [1.54, 1.807) is 43.3 Å². The fourth-order valence-corrected chi connectivity index (χ4v) is 5.77. The van der Waals surface area contributed by atoms with Crippen LogP contribution in [0.2, 0.25) is 0 Å². The van der Waals surface area contributed by atoms with Crippen LogP contribution in [0, 0.1) is 13.8 Å². The lowest BCUT2D eigenvalue weighted by molar-refractivity contribution is -0.139. The molecular weight excluding hydrogens is 550 g/mol. The van der Waals surface area contributed by atoms with Crippen molar-refractivity contribution in [2.24, 2.45) is 0 Å². The van der Waals surface area contributed by atoms with E-state index in [9.17, 15) is 18.0 Å². The van der Waals surface area contributed by atoms with Crippen LogP contribution in [-0.2, 0) is 26.2 Å². The third-order valence-corrected chi connectivity index (χ3v) is 8.67. The Balaban J connectivity index is 1.69. The molecule has 0 bridgehead atoms. The van der Waals surface area contributed by atoms with E-state index < -0.39 is 28.5 Å². The summed E-state index contributed by atoms with van der Waals surface area (Å²) in [5.41, 5.74) is 3.07. The lowest BCUT2D eigenvalue weighted by atomic mass is 10.1. The largest absolute Gasteiger partial charge is 0.457 e. The Kier molecular flexibility index (Phi) is 9.64. The maximum atomic E-state index is 14.0. The van der Waals surface area contributed by atoms with E-state index >= 15 is 0 Å². The molecular formula is C33H35N3O5S. The second-order valence-corrected chi connectivity index (χ2v) is 11.9. The summed E-state index contributed by atoms with van der Waals surface area (Å²) in [6.07, 6.45) is 0. The van der Waals surface area contributed by atoms with Crippen molar-refractivity contribution in [2.45, 2.75) is 38.3 Å². The molecule has 0 saturated carbocycles. The molecule has 0 aromatic heterocycles. The Morgan fingerprint density at radius 1 is 0.786 bits per heavy atom. The van der Waals surface area contributed by atoms with Crippen LogP contribution in [0.4, 0.5) is 5.69 Å². The minimum Gasteiger partial charge on any atom is -0.457 e. The van der Waals surface area contributed by atoms with E-state index in [4.69, 9.17) is 4.74 Å². The summed E-state index contributed by atoms with van der Waals surface area (Å²) >= 11 is 0. The highest BCUT2D eigenvalue weighted by Gasteiger charge is 2.32. The molecule has 0 radical (unpaired) electrons. The number of nitrogens with one attached hydrogen (secondary N) is 1. The van der Waals surface area contributed by atoms with Crippen LogP contribution >= 0.6 is 0 Å². The number of benzene rings is 4. The highest BCUT2D eigenvalue weighted by molar-refractivity contribution is 7.92. The maximum Gasteiger partial charge on any atom is 0.264 e. The summed E-state index contributed by atoms with van der Waals surface area (Å²) in [5.74, 6) is 0.274. The molecule has 0 aliphatic rings. The SMILES string of the molecule is CNC(=O)C(C)N(Cc1ccc(C)cc1)C(=O)CN(c1ccc(Oc2ccccc2)cc1)S(=O)(=O)c1ccc(C)cc1. The third-order valence-electron chi connectivity index (χ3n) is 6.88. The van der Waals surface area contributed by atoms with Crippen LogP contribution < -0.4 is 14.4 Å². The highest BCUT2D eigenvalue weighted by atomic mass is 32.2. The molecule has 9 heteroatoms. The van der Waals surface area contributed by atoms with Crippen LogP contribution in [0.25, 0.3) is 0 Å². The van der Waals surface area contributed by atoms with Gasteiger partial charge in [0.2, 0.25) is 11.8 Å². The maximum absolute atomic E-state index is 14.0. The van der Waals surface area contributed by atoms with Gasteiger partial charge < -0.3 is 15.0 Å². The molecule has 0 aliphatic heterocycles.